The highest BCUT2D eigenvalue weighted by atomic mass is 127. The molecule has 2 rings (SSSR count). The maximum absolute atomic E-state index is 12.1. The van der Waals surface area contributed by atoms with Crippen LogP contribution in [0.5, 0.6) is 5.75 Å². The Morgan fingerprint density at radius 3 is 2.74 bits per heavy atom. The number of benzene rings is 1. The summed E-state index contributed by atoms with van der Waals surface area (Å²) in [4.78, 5) is 14.2. The normalized spacial score (nSPS) is 17.6. The molecule has 1 amide bonds. The van der Waals surface area contributed by atoms with E-state index in [0.29, 0.717) is 21.3 Å². The standard InChI is InChI=1S/C12H9I2NO2S2/c1-2-15-11(17)9(19-12(15)18)4-6-3-7(13)5-8(14)10(6)16/h3-5,16H,2H2,1H3/b9-4+. The lowest BCUT2D eigenvalue weighted by atomic mass is 10.2. The van der Waals surface area contributed by atoms with Crippen molar-refractivity contribution >= 4 is 85.5 Å². The monoisotopic (exact) mass is 517 g/mol. The first-order valence-corrected chi connectivity index (χ1v) is 8.75. The van der Waals surface area contributed by atoms with Crippen molar-refractivity contribution in [1.29, 1.82) is 0 Å². The largest absolute Gasteiger partial charge is 0.506 e. The molecule has 0 unspecified atom stereocenters. The molecule has 100 valence electrons. The maximum Gasteiger partial charge on any atom is 0.266 e. The van der Waals surface area contributed by atoms with Gasteiger partial charge in [0.1, 0.15) is 10.1 Å². The lowest BCUT2D eigenvalue weighted by Crippen LogP contribution is -2.27. The molecule has 1 aromatic rings. The average molecular weight is 517 g/mol. The van der Waals surface area contributed by atoms with Crippen LogP contribution in [0.15, 0.2) is 17.0 Å². The summed E-state index contributed by atoms with van der Waals surface area (Å²) in [5, 5.41) is 10.0. The fourth-order valence-corrected chi connectivity index (χ4v) is 4.87. The Hall–Kier alpha value is 0.130. The van der Waals surface area contributed by atoms with Gasteiger partial charge in [-0.25, -0.2) is 0 Å². The third-order valence-electron chi connectivity index (χ3n) is 2.53. The van der Waals surface area contributed by atoms with Gasteiger partial charge in [-0.2, -0.15) is 0 Å². The molecule has 7 heteroatoms. The number of rotatable bonds is 2. The van der Waals surface area contributed by atoms with E-state index in [1.165, 1.54) is 11.8 Å². The molecule has 0 bridgehead atoms. The van der Waals surface area contributed by atoms with Crippen molar-refractivity contribution in [2.24, 2.45) is 0 Å². The molecule has 0 aliphatic carbocycles. The molecule has 1 N–H and O–H groups in total. The summed E-state index contributed by atoms with van der Waals surface area (Å²) < 4.78 is 2.34. The van der Waals surface area contributed by atoms with Crippen LogP contribution in [0.2, 0.25) is 0 Å². The topological polar surface area (TPSA) is 40.5 Å². The highest BCUT2D eigenvalue weighted by Gasteiger charge is 2.30. The molecule has 1 aliphatic rings. The SMILES string of the molecule is CCN1C(=O)/C(=C\c2cc(I)cc(I)c2O)SC1=S. The van der Waals surface area contributed by atoms with Crippen molar-refractivity contribution < 1.29 is 9.90 Å². The van der Waals surface area contributed by atoms with Gasteiger partial charge in [0.25, 0.3) is 5.91 Å². The van der Waals surface area contributed by atoms with Crippen molar-refractivity contribution in [2.75, 3.05) is 6.54 Å². The first kappa shape index (κ1) is 15.5. The summed E-state index contributed by atoms with van der Waals surface area (Å²) in [5.74, 6) is 0.105. The Morgan fingerprint density at radius 2 is 2.16 bits per heavy atom. The van der Waals surface area contributed by atoms with Gasteiger partial charge in [0.15, 0.2) is 0 Å². The molecule has 1 heterocycles. The average Bonchev–Trinajstić information content (AvgIpc) is 2.60. The Bertz CT molecular complexity index is 602. The number of halogens is 2. The van der Waals surface area contributed by atoms with E-state index in [4.69, 9.17) is 12.2 Å². The predicted molar refractivity (Wildman–Crippen MR) is 99.1 cm³/mol. The summed E-state index contributed by atoms with van der Waals surface area (Å²) in [6.07, 6.45) is 1.70. The number of thiocarbonyl (C=S) groups is 1. The molecule has 19 heavy (non-hydrogen) atoms. The van der Waals surface area contributed by atoms with Gasteiger partial charge in [0.2, 0.25) is 0 Å². The van der Waals surface area contributed by atoms with Gasteiger partial charge in [-0.05, 0) is 70.3 Å². The van der Waals surface area contributed by atoms with Crippen LogP contribution < -0.4 is 0 Å². The minimum Gasteiger partial charge on any atom is -0.506 e. The van der Waals surface area contributed by atoms with E-state index in [-0.39, 0.29) is 11.7 Å². The molecular weight excluding hydrogens is 508 g/mol. The summed E-state index contributed by atoms with van der Waals surface area (Å²) in [5.41, 5.74) is 0.646. The summed E-state index contributed by atoms with van der Waals surface area (Å²) in [6, 6.07) is 3.72. The molecular formula is C12H9I2NO2S2. The van der Waals surface area contributed by atoms with Crippen LogP contribution in [0.3, 0.4) is 0 Å². The fraction of sp³-hybridized carbons (Fsp3) is 0.167. The second kappa shape index (κ2) is 6.27. The number of thioether (sulfide) groups is 1. The van der Waals surface area contributed by atoms with Crippen LogP contribution in [0.1, 0.15) is 12.5 Å². The van der Waals surface area contributed by atoms with Crippen LogP contribution in [-0.4, -0.2) is 26.8 Å². The Kier molecular flexibility index (Phi) is 5.12. The van der Waals surface area contributed by atoms with Crippen LogP contribution >= 0.6 is 69.2 Å². The summed E-state index contributed by atoms with van der Waals surface area (Å²) in [7, 11) is 0. The van der Waals surface area contributed by atoms with Crippen LogP contribution in [0, 0.1) is 7.14 Å². The molecule has 0 atom stereocenters. The second-order valence-electron chi connectivity index (χ2n) is 3.75. The second-order valence-corrected chi connectivity index (χ2v) is 7.84. The quantitative estimate of drug-likeness (QED) is 0.368. The Morgan fingerprint density at radius 1 is 1.47 bits per heavy atom. The van der Waals surface area contributed by atoms with Gasteiger partial charge >= 0.3 is 0 Å². The van der Waals surface area contributed by atoms with E-state index in [1.54, 1.807) is 11.0 Å². The zero-order valence-electron chi connectivity index (χ0n) is 9.81. The molecule has 0 saturated carbocycles. The molecule has 0 aromatic heterocycles. The lowest BCUT2D eigenvalue weighted by Gasteiger charge is -2.09. The Labute approximate surface area is 148 Å². The van der Waals surface area contributed by atoms with E-state index in [0.717, 1.165) is 7.14 Å². The van der Waals surface area contributed by atoms with Crippen molar-refractivity contribution in [3.63, 3.8) is 0 Å². The molecule has 1 aliphatic heterocycles. The minimum absolute atomic E-state index is 0.0919. The zero-order valence-corrected chi connectivity index (χ0v) is 15.8. The lowest BCUT2D eigenvalue weighted by molar-refractivity contribution is -0.121. The number of amides is 1. The van der Waals surface area contributed by atoms with Crippen molar-refractivity contribution in [3.05, 3.63) is 29.7 Å². The number of aromatic hydroxyl groups is 1. The highest BCUT2D eigenvalue weighted by Crippen LogP contribution is 2.35. The van der Waals surface area contributed by atoms with E-state index in [2.05, 4.69) is 45.2 Å². The van der Waals surface area contributed by atoms with Crippen LogP contribution in [-0.2, 0) is 4.79 Å². The molecule has 1 fully saturated rings. The van der Waals surface area contributed by atoms with Gasteiger partial charge in [0.05, 0.1) is 8.48 Å². The molecule has 0 spiro atoms. The third-order valence-corrected chi connectivity index (χ3v) is 5.36. The minimum atomic E-state index is -0.0919. The number of carbonyl (C=O) groups is 1. The number of carbonyl (C=O) groups excluding carboxylic acids is 1. The van der Waals surface area contributed by atoms with E-state index in [1.807, 2.05) is 19.1 Å². The zero-order chi connectivity index (χ0) is 14.2. The molecule has 1 aromatic carbocycles. The van der Waals surface area contributed by atoms with Gasteiger partial charge in [0, 0.05) is 15.7 Å². The van der Waals surface area contributed by atoms with Crippen molar-refractivity contribution in [3.8, 4) is 5.75 Å². The third kappa shape index (κ3) is 3.24. The van der Waals surface area contributed by atoms with E-state index >= 15 is 0 Å². The summed E-state index contributed by atoms with van der Waals surface area (Å²) >= 11 is 10.7. The maximum atomic E-state index is 12.1. The van der Waals surface area contributed by atoms with Crippen molar-refractivity contribution in [1.82, 2.24) is 4.90 Å². The van der Waals surface area contributed by atoms with Gasteiger partial charge < -0.3 is 5.11 Å². The van der Waals surface area contributed by atoms with Gasteiger partial charge in [-0.15, -0.1) is 0 Å². The first-order chi connectivity index (χ1) is 8.93. The fourth-order valence-electron chi connectivity index (χ4n) is 1.61. The van der Waals surface area contributed by atoms with E-state index in [9.17, 15) is 9.90 Å². The highest BCUT2D eigenvalue weighted by molar-refractivity contribution is 14.1. The van der Waals surface area contributed by atoms with E-state index < -0.39 is 0 Å². The number of phenolic OH excluding ortho intramolecular Hbond substituents is 1. The van der Waals surface area contributed by atoms with Crippen molar-refractivity contribution in [2.45, 2.75) is 6.92 Å². The molecule has 3 nitrogen and oxygen atoms in total. The molecule has 1 saturated heterocycles. The number of nitrogens with zero attached hydrogens (tertiary/aromatic N) is 1. The van der Waals surface area contributed by atoms with Crippen LogP contribution in [0.4, 0.5) is 0 Å². The first-order valence-electron chi connectivity index (χ1n) is 5.37. The Balaban J connectivity index is 2.43. The van der Waals surface area contributed by atoms with Gasteiger partial charge in [-0.3, -0.25) is 9.69 Å². The number of hydrogen-bond donors (Lipinski definition) is 1. The smallest absolute Gasteiger partial charge is 0.266 e. The number of likely N-dealkylation sites (N-methyl/N-ethyl adjacent to an activating group) is 1. The van der Waals surface area contributed by atoms with Crippen LogP contribution in [0.25, 0.3) is 6.08 Å². The van der Waals surface area contributed by atoms with Gasteiger partial charge in [-0.1, -0.05) is 24.0 Å². The molecule has 0 radical (unpaired) electrons. The summed E-state index contributed by atoms with van der Waals surface area (Å²) in [6.45, 7) is 2.46. The number of hydrogen-bond acceptors (Lipinski definition) is 4. The predicted octanol–water partition coefficient (Wildman–Crippen LogP) is 3.82. The number of phenols is 1.